The maximum absolute atomic E-state index is 5.50. The van der Waals surface area contributed by atoms with Crippen LogP contribution in [0.3, 0.4) is 0 Å². The third-order valence-electron chi connectivity index (χ3n) is 4.91. The molecular formula is C21H32N6O2. The molecule has 0 amide bonds. The molecule has 3 rings (SSSR count). The minimum Gasteiger partial charge on any atom is -0.371 e. The van der Waals surface area contributed by atoms with Gasteiger partial charge in [-0.3, -0.25) is 0 Å². The molecule has 1 aromatic heterocycles. The van der Waals surface area contributed by atoms with Crippen LogP contribution < -0.4 is 15.5 Å². The first-order valence-electron chi connectivity index (χ1n) is 10.4. The summed E-state index contributed by atoms with van der Waals surface area (Å²) >= 11 is 0. The summed E-state index contributed by atoms with van der Waals surface area (Å²) in [4.78, 5) is 11.4. The molecule has 2 N–H and O–H groups in total. The van der Waals surface area contributed by atoms with Crippen molar-refractivity contribution >= 4 is 11.6 Å². The van der Waals surface area contributed by atoms with E-state index < -0.39 is 0 Å². The second-order valence-corrected chi connectivity index (χ2v) is 7.25. The average Bonchev–Trinajstić information content (AvgIpc) is 3.37. The molecule has 29 heavy (non-hydrogen) atoms. The molecule has 1 aliphatic heterocycles. The highest BCUT2D eigenvalue weighted by Crippen LogP contribution is 2.20. The van der Waals surface area contributed by atoms with Crippen LogP contribution in [0.1, 0.15) is 50.6 Å². The van der Waals surface area contributed by atoms with Crippen molar-refractivity contribution in [3.63, 3.8) is 0 Å². The molecule has 0 radical (unpaired) electrons. The number of aryl methyl sites for hydroxylation is 1. The summed E-state index contributed by atoms with van der Waals surface area (Å²) in [5.74, 6) is 1.80. The van der Waals surface area contributed by atoms with E-state index in [-0.39, 0.29) is 6.10 Å². The molecule has 2 aromatic rings. The van der Waals surface area contributed by atoms with Crippen molar-refractivity contribution in [3.8, 4) is 0 Å². The summed E-state index contributed by atoms with van der Waals surface area (Å²) in [5, 5.41) is 10.8. The Balaban J connectivity index is 1.56. The van der Waals surface area contributed by atoms with Crippen LogP contribution in [-0.2, 0) is 11.3 Å². The molecule has 0 bridgehead atoms. The zero-order valence-corrected chi connectivity index (χ0v) is 17.8. The molecule has 1 aliphatic rings. The number of aliphatic imine (C=N–C) groups is 1. The largest absolute Gasteiger partial charge is 0.371 e. The number of nitrogens with one attached hydrogen (secondary N) is 2. The van der Waals surface area contributed by atoms with Crippen LogP contribution in [-0.4, -0.2) is 48.4 Å². The van der Waals surface area contributed by atoms with Crippen LogP contribution in [0, 0.1) is 6.92 Å². The van der Waals surface area contributed by atoms with Gasteiger partial charge < -0.3 is 24.8 Å². The number of nitrogens with zero attached hydrogens (tertiary/aromatic N) is 4. The number of guanidine groups is 1. The Morgan fingerprint density at radius 1 is 1.34 bits per heavy atom. The number of hydrogen-bond acceptors (Lipinski definition) is 6. The Morgan fingerprint density at radius 2 is 2.14 bits per heavy atom. The second kappa shape index (κ2) is 10.2. The van der Waals surface area contributed by atoms with Crippen molar-refractivity contribution in [1.29, 1.82) is 0 Å². The number of rotatable bonds is 8. The number of aromatic nitrogens is 2. The first-order chi connectivity index (χ1) is 14.1. The maximum Gasteiger partial charge on any atom is 0.248 e. The van der Waals surface area contributed by atoms with E-state index in [4.69, 9.17) is 9.26 Å². The van der Waals surface area contributed by atoms with Gasteiger partial charge in [-0.2, -0.15) is 4.98 Å². The van der Waals surface area contributed by atoms with Crippen LogP contribution in [0.25, 0.3) is 0 Å². The van der Waals surface area contributed by atoms with Crippen LogP contribution in [0.2, 0.25) is 0 Å². The van der Waals surface area contributed by atoms with Gasteiger partial charge in [-0.25, -0.2) is 4.99 Å². The molecule has 8 heteroatoms. The third-order valence-corrected chi connectivity index (χ3v) is 4.91. The van der Waals surface area contributed by atoms with Crippen LogP contribution in [0.4, 0.5) is 5.69 Å². The Labute approximate surface area is 172 Å². The highest BCUT2D eigenvalue weighted by molar-refractivity contribution is 5.80. The van der Waals surface area contributed by atoms with Crippen molar-refractivity contribution in [1.82, 2.24) is 20.8 Å². The van der Waals surface area contributed by atoms with Crippen molar-refractivity contribution in [2.24, 2.45) is 4.99 Å². The van der Waals surface area contributed by atoms with Crippen LogP contribution in [0.5, 0.6) is 0 Å². The summed E-state index contributed by atoms with van der Waals surface area (Å²) in [7, 11) is 0. The predicted molar refractivity (Wildman–Crippen MR) is 114 cm³/mol. The van der Waals surface area contributed by atoms with Gasteiger partial charge in [0.2, 0.25) is 5.89 Å². The standard InChI is InChI=1S/C21H32N6O2/c1-5-22-21(23-13-19-25-20(26-29-19)16(4)28-6-2)24-17-11-12-27(14-17)18-9-7-15(3)8-10-18/h7-10,16-17H,5-6,11-14H2,1-4H3,(H2,22,23,24). The minimum atomic E-state index is -0.181. The fourth-order valence-electron chi connectivity index (χ4n) is 3.35. The van der Waals surface area contributed by atoms with Gasteiger partial charge in [-0.15, -0.1) is 0 Å². The summed E-state index contributed by atoms with van der Waals surface area (Å²) in [6.07, 6.45) is 0.883. The molecule has 1 aromatic carbocycles. The maximum atomic E-state index is 5.50. The van der Waals surface area contributed by atoms with Gasteiger partial charge in [-0.05, 0) is 46.2 Å². The molecule has 1 saturated heterocycles. The van der Waals surface area contributed by atoms with E-state index in [9.17, 15) is 0 Å². The molecule has 1 fully saturated rings. The molecule has 0 spiro atoms. The number of ether oxygens (including phenoxy) is 1. The molecule has 0 saturated carbocycles. The fourth-order valence-corrected chi connectivity index (χ4v) is 3.35. The number of hydrogen-bond donors (Lipinski definition) is 2. The summed E-state index contributed by atoms with van der Waals surface area (Å²) in [5.41, 5.74) is 2.55. The Bertz CT molecular complexity index is 789. The number of anilines is 1. The predicted octanol–water partition coefficient (Wildman–Crippen LogP) is 2.81. The zero-order valence-electron chi connectivity index (χ0n) is 17.8. The topological polar surface area (TPSA) is 87.8 Å². The second-order valence-electron chi connectivity index (χ2n) is 7.25. The van der Waals surface area contributed by atoms with E-state index in [0.717, 1.165) is 32.0 Å². The monoisotopic (exact) mass is 400 g/mol. The van der Waals surface area contributed by atoms with E-state index in [1.807, 2.05) is 13.8 Å². The van der Waals surface area contributed by atoms with Gasteiger partial charge in [0.1, 0.15) is 12.6 Å². The van der Waals surface area contributed by atoms with Gasteiger partial charge in [0.15, 0.2) is 11.8 Å². The van der Waals surface area contributed by atoms with Gasteiger partial charge in [0.05, 0.1) is 0 Å². The van der Waals surface area contributed by atoms with Gasteiger partial charge in [0.25, 0.3) is 0 Å². The highest BCUT2D eigenvalue weighted by Gasteiger charge is 2.23. The minimum absolute atomic E-state index is 0.181. The summed E-state index contributed by atoms with van der Waals surface area (Å²) in [6.45, 7) is 11.7. The molecule has 2 heterocycles. The van der Waals surface area contributed by atoms with Gasteiger partial charge >= 0.3 is 0 Å². The van der Waals surface area contributed by atoms with E-state index >= 15 is 0 Å². The van der Waals surface area contributed by atoms with E-state index in [1.165, 1.54) is 11.3 Å². The molecule has 2 unspecified atom stereocenters. The smallest absolute Gasteiger partial charge is 0.248 e. The van der Waals surface area contributed by atoms with Crippen molar-refractivity contribution in [3.05, 3.63) is 41.5 Å². The lowest BCUT2D eigenvalue weighted by atomic mass is 10.2. The van der Waals surface area contributed by atoms with Crippen molar-refractivity contribution in [2.45, 2.75) is 52.8 Å². The summed E-state index contributed by atoms with van der Waals surface area (Å²) in [6, 6.07) is 9.03. The Morgan fingerprint density at radius 3 is 2.86 bits per heavy atom. The molecule has 2 atom stereocenters. The Kier molecular flexibility index (Phi) is 7.46. The number of benzene rings is 1. The SMILES string of the molecule is CCNC(=NCc1nc(C(C)OCC)no1)NC1CCN(c2ccc(C)cc2)C1. The van der Waals surface area contributed by atoms with Crippen molar-refractivity contribution in [2.75, 3.05) is 31.1 Å². The lowest BCUT2D eigenvalue weighted by molar-refractivity contribution is 0.0683. The van der Waals surface area contributed by atoms with Gasteiger partial charge in [0, 0.05) is 38.0 Å². The first-order valence-corrected chi connectivity index (χ1v) is 10.4. The Hall–Kier alpha value is -2.61. The lowest BCUT2D eigenvalue weighted by Gasteiger charge is -2.20. The third kappa shape index (κ3) is 5.93. The van der Waals surface area contributed by atoms with E-state index in [0.29, 0.717) is 30.9 Å². The average molecular weight is 401 g/mol. The quantitative estimate of drug-likeness (QED) is 0.520. The van der Waals surface area contributed by atoms with Crippen LogP contribution >= 0.6 is 0 Å². The molecule has 0 aliphatic carbocycles. The van der Waals surface area contributed by atoms with E-state index in [2.05, 4.69) is 68.8 Å². The molecule has 158 valence electrons. The fraction of sp³-hybridized carbons (Fsp3) is 0.571. The first kappa shape index (κ1) is 21.1. The normalized spacial score (nSPS) is 18.1. The summed E-state index contributed by atoms with van der Waals surface area (Å²) < 4.78 is 10.8. The van der Waals surface area contributed by atoms with Gasteiger partial charge in [-0.1, -0.05) is 22.9 Å². The van der Waals surface area contributed by atoms with Crippen molar-refractivity contribution < 1.29 is 9.26 Å². The van der Waals surface area contributed by atoms with E-state index in [1.54, 1.807) is 0 Å². The lowest BCUT2D eigenvalue weighted by Crippen LogP contribution is -2.44. The zero-order chi connectivity index (χ0) is 20.6. The molecular weight excluding hydrogens is 368 g/mol. The van der Waals surface area contributed by atoms with Crippen LogP contribution in [0.15, 0.2) is 33.8 Å². The highest BCUT2D eigenvalue weighted by atomic mass is 16.5. The molecule has 8 nitrogen and oxygen atoms in total.